The van der Waals surface area contributed by atoms with E-state index in [-0.39, 0.29) is 6.04 Å². The Balaban J connectivity index is 1.80. The SMILES string of the molecule is C#C[C@@H](C1CCCCC1)N(Cc1ccccc1)Cc1ccccc1. The van der Waals surface area contributed by atoms with Crippen LogP contribution >= 0.6 is 0 Å². The van der Waals surface area contributed by atoms with E-state index in [9.17, 15) is 0 Å². The molecule has 1 heteroatoms. The second kappa shape index (κ2) is 8.71. The first-order valence-electron chi connectivity index (χ1n) is 9.15. The molecule has 2 aromatic carbocycles. The molecule has 0 unspecified atom stereocenters. The first-order valence-corrected chi connectivity index (χ1v) is 9.15. The number of rotatable bonds is 6. The molecule has 1 atom stereocenters. The molecule has 0 aliphatic heterocycles. The lowest BCUT2D eigenvalue weighted by atomic mass is 9.83. The van der Waals surface area contributed by atoms with Crippen LogP contribution in [0.25, 0.3) is 0 Å². The summed E-state index contributed by atoms with van der Waals surface area (Å²) in [6, 6.07) is 21.6. The van der Waals surface area contributed by atoms with Gasteiger partial charge in [-0.1, -0.05) is 85.8 Å². The van der Waals surface area contributed by atoms with Crippen LogP contribution in [0.1, 0.15) is 43.2 Å². The number of hydrogen-bond acceptors (Lipinski definition) is 1. The van der Waals surface area contributed by atoms with E-state index in [2.05, 4.69) is 71.5 Å². The second-order valence-electron chi connectivity index (χ2n) is 6.89. The largest absolute Gasteiger partial charge is 0.281 e. The summed E-state index contributed by atoms with van der Waals surface area (Å²) in [5, 5.41) is 0. The van der Waals surface area contributed by atoms with Gasteiger partial charge in [0.1, 0.15) is 0 Å². The molecule has 1 aliphatic carbocycles. The topological polar surface area (TPSA) is 3.24 Å². The highest BCUT2D eigenvalue weighted by Gasteiger charge is 2.27. The van der Waals surface area contributed by atoms with Gasteiger partial charge >= 0.3 is 0 Å². The van der Waals surface area contributed by atoms with Crippen LogP contribution in [0.2, 0.25) is 0 Å². The van der Waals surface area contributed by atoms with Crippen molar-refractivity contribution in [1.29, 1.82) is 0 Å². The van der Waals surface area contributed by atoms with Crippen LogP contribution in [-0.4, -0.2) is 10.9 Å². The van der Waals surface area contributed by atoms with Crippen molar-refractivity contribution in [3.63, 3.8) is 0 Å². The normalized spacial score (nSPS) is 16.7. The quantitative estimate of drug-likeness (QED) is 0.656. The molecule has 0 radical (unpaired) electrons. The second-order valence-corrected chi connectivity index (χ2v) is 6.89. The maximum atomic E-state index is 6.02. The van der Waals surface area contributed by atoms with Crippen molar-refractivity contribution in [3.05, 3.63) is 71.8 Å². The Morgan fingerprint density at radius 2 is 1.33 bits per heavy atom. The molecule has 24 heavy (non-hydrogen) atoms. The van der Waals surface area contributed by atoms with Gasteiger partial charge < -0.3 is 0 Å². The van der Waals surface area contributed by atoms with E-state index in [1.165, 1.54) is 43.2 Å². The first-order chi connectivity index (χ1) is 11.9. The lowest BCUT2D eigenvalue weighted by Gasteiger charge is -2.36. The molecule has 3 rings (SSSR count). The summed E-state index contributed by atoms with van der Waals surface area (Å²) in [5.41, 5.74) is 2.67. The summed E-state index contributed by atoms with van der Waals surface area (Å²) in [5.74, 6) is 3.77. The van der Waals surface area contributed by atoms with Crippen molar-refractivity contribution in [1.82, 2.24) is 4.90 Å². The fourth-order valence-corrected chi connectivity index (χ4v) is 3.88. The minimum absolute atomic E-state index is 0.228. The lowest BCUT2D eigenvalue weighted by molar-refractivity contribution is 0.141. The van der Waals surface area contributed by atoms with Crippen LogP contribution in [0.4, 0.5) is 0 Å². The monoisotopic (exact) mass is 317 g/mol. The Morgan fingerprint density at radius 3 is 1.79 bits per heavy atom. The molecule has 0 aromatic heterocycles. The highest BCUT2D eigenvalue weighted by atomic mass is 15.2. The smallest absolute Gasteiger partial charge is 0.0746 e. The molecule has 0 heterocycles. The molecule has 0 spiro atoms. The molecule has 0 bridgehead atoms. The third kappa shape index (κ3) is 4.49. The van der Waals surface area contributed by atoms with E-state index >= 15 is 0 Å². The summed E-state index contributed by atoms with van der Waals surface area (Å²) in [7, 11) is 0. The van der Waals surface area contributed by atoms with Gasteiger partial charge in [0.25, 0.3) is 0 Å². The van der Waals surface area contributed by atoms with Crippen molar-refractivity contribution >= 4 is 0 Å². The third-order valence-electron chi connectivity index (χ3n) is 5.12. The zero-order valence-electron chi connectivity index (χ0n) is 14.4. The summed E-state index contributed by atoms with van der Waals surface area (Å²) in [6.07, 6.45) is 12.6. The Bertz CT molecular complexity index is 593. The van der Waals surface area contributed by atoms with Gasteiger partial charge in [-0.15, -0.1) is 6.42 Å². The lowest BCUT2D eigenvalue weighted by Crippen LogP contribution is -2.39. The first kappa shape index (κ1) is 16.8. The van der Waals surface area contributed by atoms with E-state index in [0.717, 1.165) is 13.1 Å². The molecule has 124 valence electrons. The standard InChI is InChI=1S/C23H27N/c1-2-23(22-16-10-5-11-17-22)24(18-20-12-6-3-7-13-20)19-21-14-8-4-9-15-21/h1,3-4,6-9,12-15,22-23H,5,10-11,16-19H2/t23-/m0/s1. The van der Waals surface area contributed by atoms with Crippen molar-refractivity contribution in [2.75, 3.05) is 0 Å². The van der Waals surface area contributed by atoms with Gasteiger partial charge in [0, 0.05) is 13.1 Å². The summed E-state index contributed by atoms with van der Waals surface area (Å²) >= 11 is 0. The van der Waals surface area contributed by atoms with E-state index < -0.39 is 0 Å². The molecule has 0 amide bonds. The van der Waals surface area contributed by atoms with Crippen molar-refractivity contribution in [2.45, 2.75) is 51.2 Å². The molecule has 0 N–H and O–H groups in total. The number of benzene rings is 2. The summed E-state index contributed by atoms with van der Waals surface area (Å²) < 4.78 is 0. The fourth-order valence-electron chi connectivity index (χ4n) is 3.88. The van der Waals surface area contributed by atoms with Crippen LogP contribution in [0.15, 0.2) is 60.7 Å². The minimum atomic E-state index is 0.228. The van der Waals surface area contributed by atoms with Gasteiger partial charge in [-0.2, -0.15) is 0 Å². The number of nitrogens with zero attached hydrogens (tertiary/aromatic N) is 1. The third-order valence-corrected chi connectivity index (χ3v) is 5.12. The van der Waals surface area contributed by atoms with Crippen LogP contribution < -0.4 is 0 Å². The average Bonchev–Trinajstić information content (AvgIpc) is 2.65. The van der Waals surface area contributed by atoms with Crippen LogP contribution in [-0.2, 0) is 13.1 Å². The number of hydrogen-bond donors (Lipinski definition) is 0. The Labute approximate surface area is 146 Å². The molecule has 1 fully saturated rings. The molecule has 2 aromatic rings. The van der Waals surface area contributed by atoms with Gasteiger partial charge in [-0.05, 0) is 29.9 Å². The molecule has 1 aliphatic rings. The zero-order chi connectivity index (χ0) is 16.6. The molecule has 1 nitrogen and oxygen atoms in total. The van der Waals surface area contributed by atoms with E-state index in [1.54, 1.807) is 0 Å². The van der Waals surface area contributed by atoms with E-state index in [0.29, 0.717) is 5.92 Å². The van der Waals surface area contributed by atoms with Crippen molar-refractivity contribution in [2.24, 2.45) is 5.92 Å². The van der Waals surface area contributed by atoms with Gasteiger partial charge in [0.2, 0.25) is 0 Å². The highest BCUT2D eigenvalue weighted by molar-refractivity contribution is 5.19. The van der Waals surface area contributed by atoms with Crippen LogP contribution in [0.5, 0.6) is 0 Å². The van der Waals surface area contributed by atoms with Crippen molar-refractivity contribution < 1.29 is 0 Å². The van der Waals surface area contributed by atoms with Gasteiger partial charge in [-0.3, -0.25) is 4.90 Å². The van der Waals surface area contributed by atoms with Crippen LogP contribution in [0.3, 0.4) is 0 Å². The van der Waals surface area contributed by atoms with E-state index in [4.69, 9.17) is 6.42 Å². The Hall–Kier alpha value is -2.04. The fraction of sp³-hybridized carbons (Fsp3) is 0.391. The van der Waals surface area contributed by atoms with Crippen LogP contribution in [0, 0.1) is 18.3 Å². The maximum absolute atomic E-state index is 6.02. The molecular formula is C23H27N. The average molecular weight is 317 g/mol. The minimum Gasteiger partial charge on any atom is -0.281 e. The number of terminal acetylenes is 1. The van der Waals surface area contributed by atoms with Gasteiger partial charge in [0.05, 0.1) is 6.04 Å². The summed E-state index contributed by atoms with van der Waals surface area (Å²) in [4.78, 5) is 2.50. The molecule has 0 saturated heterocycles. The van der Waals surface area contributed by atoms with Gasteiger partial charge in [0.15, 0.2) is 0 Å². The molecular weight excluding hydrogens is 290 g/mol. The summed E-state index contributed by atoms with van der Waals surface area (Å²) in [6.45, 7) is 1.84. The van der Waals surface area contributed by atoms with Gasteiger partial charge in [-0.25, -0.2) is 0 Å². The predicted molar refractivity (Wildman–Crippen MR) is 101 cm³/mol. The Kier molecular flexibility index (Phi) is 6.10. The Morgan fingerprint density at radius 1 is 0.833 bits per heavy atom. The predicted octanol–water partition coefficient (Wildman–Crippen LogP) is 5.27. The van der Waals surface area contributed by atoms with E-state index in [1.807, 2.05) is 0 Å². The highest BCUT2D eigenvalue weighted by Crippen LogP contribution is 2.30. The maximum Gasteiger partial charge on any atom is 0.0746 e. The molecule has 1 saturated carbocycles. The van der Waals surface area contributed by atoms with Crippen molar-refractivity contribution in [3.8, 4) is 12.3 Å². The zero-order valence-corrected chi connectivity index (χ0v) is 14.4.